The third-order valence-corrected chi connectivity index (χ3v) is 4.41. The molecule has 0 radical (unpaired) electrons. The van der Waals surface area contributed by atoms with E-state index in [0.29, 0.717) is 34.6 Å². The maximum absolute atomic E-state index is 13.9. The van der Waals surface area contributed by atoms with Crippen LogP contribution in [0.2, 0.25) is 5.28 Å². The first-order valence-electron chi connectivity index (χ1n) is 8.61. The van der Waals surface area contributed by atoms with Gasteiger partial charge < -0.3 is 20.1 Å². The number of hydrogen-bond donors (Lipinski definition) is 2. The fourth-order valence-electron chi connectivity index (χ4n) is 2.88. The van der Waals surface area contributed by atoms with Crippen LogP contribution in [0.4, 0.5) is 15.0 Å². The lowest BCUT2D eigenvalue weighted by Crippen LogP contribution is -2.22. The molecule has 3 aromatic rings. The second kappa shape index (κ2) is 7.85. The monoisotopic (exact) mass is 402 g/mol. The number of cyclic esters (lactones) is 1. The number of benzene rings is 2. The lowest BCUT2D eigenvalue weighted by molar-refractivity contribution is 0.105. The molecule has 0 aliphatic carbocycles. The largest absolute Gasteiger partial charge is 0.487 e. The molecule has 2 heterocycles. The highest BCUT2D eigenvalue weighted by Crippen LogP contribution is 2.30. The summed E-state index contributed by atoms with van der Waals surface area (Å²) in [6.07, 6.45) is -0.838. The van der Waals surface area contributed by atoms with Crippen LogP contribution in [0, 0.1) is 5.82 Å². The van der Waals surface area contributed by atoms with Crippen molar-refractivity contribution in [2.24, 2.45) is 0 Å². The highest BCUT2D eigenvalue weighted by atomic mass is 35.5. The number of ether oxygens (including phenoxy) is 2. The summed E-state index contributed by atoms with van der Waals surface area (Å²) in [5, 5.41) is 6.39. The van der Waals surface area contributed by atoms with Crippen molar-refractivity contribution < 1.29 is 18.7 Å². The molecule has 1 unspecified atom stereocenters. The Hall–Kier alpha value is -3.13. The topological polar surface area (TPSA) is 85.4 Å². The van der Waals surface area contributed by atoms with Gasteiger partial charge in [0.1, 0.15) is 29.5 Å². The Kier molecular flexibility index (Phi) is 5.12. The molecule has 0 spiro atoms. The van der Waals surface area contributed by atoms with Crippen molar-refractivity contribution in [3.05, 3.63) is 59.1 Å². The molecule has 2 aromatic carbocycles. The van der Waals surface area contributed by atoms with Gasteiger partial charge in [-0.25, -0.2) is 19.2 Å². The summed E-state index contributed by atoms with van der Waals surface area (Å²) in [7, 11) is 0. The number of nitrogens with one attached hydrogen (secondary N) is 2. The molecule has 2 N–H and O–H groups in total. The standard InChI is InChI=1S/C19H16ClFN4O3/c20-18-24-16-13(17(25-18)22-8-11-4-1-2-6-14(11)21)5-3-7-15(16)27-10-12-9-23-19(26)28-12/h1-7,12H,8-10H2,(H,23,26)(H,22,24,25). The summed E-state index contributed by atoms with van der Waals surface area (Å²) < 4.78 is 24.7. The van der Waals surface area contributed by atoms with Gasteiger partial charge in [-0.05, 0) is 29.8 Å². The number of amides is 1. The predicted octanol–water partition coefficient (Wildman–Crippen LogP) is 3.52. The van der Waals surface area contributed by atoms with Crippen LogP contribution in [0.1, 0.15) is 5.56 Å². The number of anilines is 1. The van der Waals surface area contributed by atoms with Crippen LogP contribution >= 0.6 is 11.6 Å². The number of alkyl carbamates (subject to hydrolysis) is 1. The van der Waals surface area contributed by atoms with Gasteiger partial charge in [-0.2, -0.15) is 0 Å². The zero-order valence-electron chi connectivity index (χ0n) is 14.6. The van der Waals surface area contributed by atoms with Crippen LogP contribution in [-0.4, -0.2) is 35.3 Å². The SMILES string of the molecule is O=C1NCC(COc2cccc3c(NCc4ccccc4F)nc(Cl)nc23)O1. The van der Waals surface area contributed by atoms with Gasteiger partial charge in [-0.15, -0.1) is 0 Å². The molecular formula is C19H16ClFN4O3. The molecule has 1 amide bonds. The Labute approximate surface area is 164 Å². The molecule has 1 atom stereocenters. The number of halogens is 2. The van der Waals surface area contributed by atoms with Crippen molar-refractivity contribution in [3.63, 3.8) is 0 Å². The third kappa shape index (κ3) is 3.91. The lowest BCUT2D eigenvalue weighted by atomic mass is 10.2. The van der Waals surface area contributed by atoms with E-state index in [1.54, 1.807) is 30.3 Å². The molecule has 4 rings (SSSR count). The van der Waals surface area contributed by atoms with Crippen LogP contribution in [0.5, 0.6) is 5.75 Å². The van der Waals surface area contributed by atoms with E-state index < -0.39 is 6.09 Å². The minimum absolute atomic E-state index is 0.0357. The van der Waals surface area contributed by atoms with Crippen molar-refractivity contribution in [1.82, 2.24) is 15.3 Å². The normalized spacial score (nSPS) is 15.9. The van der Waals surface area contributed by atoms with Gasteiger partial charge in [-0.1, -0.05) is 24.3 Å². The first kappa shape index (κ1) is 18.2. The average molecular weight is 403 g/mol. The second-order valence-electron chi connectivity index (χ2n) is 6.16. The predicted molar refractivity (Wildman–Crippen MR) is 102 cm³/mol. The molecule has 1 aromatic heterocycles. The van der Waals surface area contributed by atoms with Gasteiger partial charge in [0.2, 0.25) is 5.28 Å². The van der Waals surface area contributed by atoms with E-state index in [1.807, 2.05) is 6.07 Å². The molecule has 1 saturated heterocycles. The summed E-state index contributed by atoms with van der Waals surface area (Å²) in [5.74, 6) is 0.652. The maximum Gasteiger partial charge on any atom is 0.407 e. The van der Waals surface area contributed by atoms with E-state index in [0.717, 1.165) is 0 Å². The van der Waals surface area contributed by atoms with Gasteiger partial charge in [0.25, 0.3) is 0 Å². The number of carbonyl (C=O) groups is 1. The highest BCUT2D eigenvalue weighted by molar-refractivity contribution is 6.29. The van der Waals surface area contributed by atoms with E-state index in [4.69, 9.17) is 21.1 Å². The van der Waals surface area contributed by atoms with Gasteiger partial charge in [-0.3, -0.25) is 0 Å². The Morgan fingerprint density at radius 3 is 2.89 bits per heavy atom. The molecule has 0 bridgehead atoms. The molecule has 1 fully saturated rings. The minimum Gasteiger partial charge on any atom is -0.487 e. The number of para-hydroxylation sites is 1. The van der Waals surface area contributed by atoms with Crippen LogP contribution in [0.15, 0.2) is 42.5 Å². The summed E-state index contributed by atoms with van der Waals surface area (Å²) in [4.78, 5) is 19.6. The molecule has 9 heteroatoms. The molecule has 0 saturated carbocycles. The summed E-state index contributed by atoms with van der Waals surface area (Å²) >= 11 is 6.08. The van der Waals surface area contributed by atoms with Crippen molar-refractivity contribution in [3.8, 4) is 5.75 Å². The minimum atomic E-state index is -0.462. The van der Waals surface area contributed by atoms with Crippen LogP contribution in [0.25, 0.3) is 10.9 Å². The van der Waals surface area contributed by atoms with E-state index in [1.165, 1.54) is 6.07 Å². The Bertz CT molecular complexity index is 1030. The smallest absolute Gasteiger partial charge is 0.407 e. The van der Waals surface area contributed by atoms with Crippen LogP contribution < -0.4 is 15.4 Å². The third-order valence-electron chi connectivity index (χ3n) is 4.24. The summed E-state index contributed by atoms with van der Waals surface area (Å²) in [6.45, 7) is 0.802. The molecule has 1 aliphatic heterocycles. The van der Waals surface area contributed by atoms with E-state index in [9.17, 15) is 9.18 Å². The fourth-order valence-corrected chi connectivity index (χ4v) is 3.05. The van der Waals surface area contributed by atoms with Gasteiger partial charge in [0, 0.05) is 17.5 Å². The molecule has 1 aliphatic rings. The number of aromatic nitrogens is 2. The van der Waals surface area contributed by atoms with Gasteiger partial charge >= 0.3 is 6.09 Å². The first-order valence-corrected chi connectivity index (χ1v) is 8.99. The van der Waals surface area contributed by atoms with E-state index >= 15 is 0 Å². The second-order valence-corrected chi connectivity index (χ2v) is 6.50. The zero-order chi connectivity index (χ0) is 19.5. The lowest BCUT2D eigenvalue weighted by Gasteiger charge is -2.14. The summed E-state index contributed by atoms with van der Waals surface area (Å²) in [6, 6.07) is 11.9. The summed E-state index contributed by atoms with van der Waals surface area (Å²) in [5.41, 5.74) is 1.02. The van der Waals surface area contributed by atoms with E-state index in [2.05, 4.69) is 20.6 Å². The highest BCUT2D eigenvalue weighted by Gasteiger charge is 2.23. The molecular weight excluding hydrogens is 387 g/mol. The Morgan fingerprint density at radius 1 is 1.25 bits per heavy atom. The number of hydrogen-bond acceptors (Lipinski definition) is 6. The maximum atomic E-state index is 13.9. The number of nitrogens with zero attached hydrogens (tertiary/aromatic N) is 2. The first-order chi connectivity index (χ1) is 13.6. The van der Waals surface area contributed by atoms with Crippen LogP contribution in [0.3, 0.4) is 0 Å². The zero-order valence-corrected chi connectivity index (χ0v) is 15.4. The van der Waals surface area contributed by atoms with Crippen LogP contribution in [-0.2, 0) is 11.3 Å². The number of rotatable bonds is 6. The van der Waals surface area contributed by atoms with Crippen molar-refractivity contribution in [1.29, 1.82) is 0 Å². The van der Waals surface area contributed by atoms with Crippen molar-refractivity contribution in [2.75, 3.05) is 18.5 Å². The van der Waals surface area contributed by atoms with Crippen molar-refractivity contribution >= 4 is 34.4 Å². The average Bonchev–Trinajstić information content (AvgIpc) is 3.11. The fraction of sp³-hybridized carbons (Fsp3) is 0.211. The Morgan fingerprint density at radius 2 is 2.11 bits per heavy atom. The Balaban J connectivity index is 1.57. The number of carbonyl (C=O) groups excluding carboxylic acids is 1. The van der Waals surface area contributed by atoms with Crippen molar-refractivity contribution in [2.45, 2.75) is 12.6 Å². The molecule has 7 nitrogen and oxygen atoms in total. The molecule has 28 heavy (non-hydrogen) atoms. The quantitative estimate of drug-likeness (QED) is 0.613. The molecule has 144 valence electrons. The van der Waals surface area contributed by atoms with Gasteiger partial charge in [0.05, 0.1) is 6.54 Å². The van der Waals surface area contributed by atoms with E-state index in [-0.39, 0.29) is 30.4 Å². The number of fused-ring (bicyclic) bond motifs is 1. The van der Waals surface area contributed by atoms with Gasteiger partial charge in [0.15, 0.2) is 6.10 Å².